The molecule has 1 fully saturated rings. The molecule has 13 nitrogen and oxygen atoms in total. The van der Waals surface area contributed by atoms with Crippen LogP contribution in [-0.4, -0.2) is 67.4 Å². The van der Waals surface area contributed by atoms with Crippen LogP contribution in [0.25, 0.3) is 11.0 Å². The zero-order valence-corrected chi connectivity index (χ0v) is 23.0. The lowest BCUT2D eigenvalue weighted by molar-refractivity contribution is -0.151. The molecule has 1 aromatic carbocycles. The van der Waals surface area contributed by atoms with Crippen molar-refractivity contribution in [3.8, 4) is 18.1 Å². The molecular weight excluding hydrogens is 543 g/mol. The lowest BCUT2D eigenvalue weighted by Gasteiger charge is -2.26. The summed E-state index contributed by atoms with van der Waals surface area (Å²) in [5, 5.41) is 22.4. The quantitative estimate of drug-likeness (QED) is 0.157. The maximum absolute atomic E-state index is 13.9. The number of aromatic amines is 1. The monoisotopic (exact) mass is 574 g/mol. The van der Waals surface area contributed by atoms with E-state index in [-0.39, 0.29) is 35.0 Å². The van der Waals surface area contributed by atoms with E-state index in [1.807, 2.05) is 0 Å². The maximum Gasteiger partial charge on any atom is 0.380 e. The minimum atomic E-state index is -4.06. The fourth-order valence-electron chi connectivity index (χ4n) is 4.29. The van der Waals surface area contributed by atoms with Crippen molar-refractivity contribution in [2.24, 2.45) is 5.92 Å². The molecule has 0 saturated carbocycles. The number of fused-ring (bicyclic) bond motifs is 1. The third kappa shape index (κ3) is 5.91. The summed E-state index contributed by atoms with van der Waals surface area (Å²) < 4.78 is 37.7. The topological polar surface area (TPSA) is 188 Å². The van der Waals surface area contributed by atoms with Crippen LogP contribution in [0.1, 0.15) is 27.0 Å². The number of nitrogen functional groups attached to an aromatic ring is 1. The maximum atomic E-state index is 13.9. The number of ether oxygens (including phenoxy) is 2. The molecule has 214 valence electrons. The highest BCUT2D eigenvalue weighted by molar-refractivity contribution is 7.54. The molecule has 2 aromatic heterocycles. The Balaban J connectivity index is 1.59. The van der Waals surface area contributed by atoms with Crippen LogP contribution in [-0.2, 0) is 23.4 Å². The van der Waals surface area contributed by atoms with Crippen molar-refractivity contribution in [2.75, 3.05) is 18.5 Å². The van der Waals surface area contributed by atoms with Gasteiger partial charge in [0.05, 0.1) is 30.2 Å². The minimum Gasteiger partial charge on any atom is -0.463 e. The van der Waals surface area contributed by atoms with Gasteiger partial charge in [-0.05, 0) is 32.0 Å². The summed E-state index contributed by atoms with van der Waals surface area (Å²) in [5.74, 6) is 0.760. The van der Waals surface area contributed by atoms with Crippen molar-refractivity contribution in [3.05, 3.63) is 52.9 Å². The van der Waals surface area contributed by atoms with Gasteiger partial charge in [-0.2, -0.15) is 4.98 Å². The lowest BCUT2D eigenvalue weighted by Crippen LogP contribution is -2.46. The average molecular weight is 575 g/mol. The van der Waals surface area contributed by atoms with Crippen LogP contribution in [0.4, 0.5) is 5.95 Å². The van der Waals surface area contributed by atoms with Gasteiger partial charge < -0.3 is 34.5 Å². The Morgan fingerprint density at radius 3 is 2.67 bits per heavy atom. The second-order valence-corrected chi connectivity index (χ2v) is 11.8. The van der Waals surface area contributed by atoms with E-state index in [1.165, 1.54) is 23.8 Å². The fraction of sp³-hybridized carbons (Fsp3) is 0.423. The number of carbonyl (C=O) groups excluding carboxylic acids is 1. The number of H-pyrrole nitrogens is 1. The summed E-state index contributed by atoms with van der Waals surface area (Å²) in [6, 6.07) is 9.65. The first-order valence-corrected chi connectivity index (χ1v) is 14.2. The van der Waals surface area contributed by atoms with Crippen molar-refractivity contribution < 1.29 is 38.1 Å². The van der Waals surface area contributed by atoms with Crippen molar-refractivity contribution in [3.63, 3.8) is 0 Å². The smallest absolute Gasteiger partial charge is 0.380 e. The van der Waals surface area contributed by atoms with Gasteiger partial charge >= 0.3 is 13.6 Å². The molecule has 4 rings (SSSR count). The number of aliphatic hydroxyl groups is 2. The van der Waals surface area contributed by atoms with E-state index in [9.17, 15) is 24.4 Å². The predicted molar refractivity (Wildman–Crippen MR) is 144 cm³/mol. The van der Waals surface area contributed by atoms with E-state index in [2.05, 4.69) is 15.9 Å². The first kappa shape index (κ1) is 29.3. The number of para-hydroxylation sites is 1. The van der Waals surface area contributed by atoms with Crippen LogP contribution in [0.3, 0.4) is 0 Å². The highest BCUT2D eigenvalue weighted by Gasteiger charge is 2.56. The van der Waals surface area contributed by atoms with E-state index < -0.39 is 55.7 Å². The van der Waals surface area contributed by atoms with Crippen molar-refractivity contribution in [2.45, 2.75) is 50.9 Å². The minimum absolute atomic E-state index is 0.0595. The number of carbonyl (C=O) groups is 1. The molecule has 1 aliphatic rings. The van der Waals surface area contributed by atoms with Gasteiger partial charge in [-0.3, -0.25) is 19.1 Å². The largest absolute Gasteiger partial charge is 0.463 e. The Bertz CT molecular complexity index is 1520. The van der Waals surface area contributed by atoms with E-state index in [0.29, 0.717) is 0 Å². The Kier molecular flexibility index (Phi) is 8.39. The van der Waals surface area contributed by atoms with Crippen molar-refractivity contribution in [1.82, 2.24) is 14.5 Å². The van der Waals surface area contributed by atoms with Crippen LogP contribution >= 0.6 is 7.60 Å². The third-order valence-electron chi connectivity index (χ3n) is 6.24. The normalized spacial score (nSPS) is 24.9. The Morgan fingerprint density at radius 1 is 1.32 bits per heavy atom. The van der Waals surface area contributed by atoms with Gasteiger partial charge in [0.15, 0.2) is 17.5 Å². The standard InChI is InChI=1S/C26H31N4O9P/c1-5-26(34)20(31)19(38-24(26)30-12-11-18-21(30)28-25(27)29-22(18)32)13-36-40(35,39-17-9-7-6-8-10-17)14-16(4)23(33)37-15(2)3/h1,6-12,15-16,19-20,24,31,34H,13-14H2,2-4H3,(H3,27,28,29,32)/t16-,19-,20+,24-,26?,40+/m1/s1. The molecular formula is C26H31N4O9P. The number of nitrogens with two attached hydrogens (primary N) is 1. The number of terminal acetylenes is 1. The number of aliphatic hydroxyl groups excluding tert-OH is 1. The van der Waals surface area contributed by atoms with E-state index in [4.69, 9.17) is 30.7 Å². The number of nitrogens with zero attached hydrogens (tertiary/aromatic N) is 2. The van der Waals surface area contributed by atoms with Gasteiger partial charge in [-0.25, -0.2) is 4.57 Å². The van der Waals surface area contributed by atoms with Gasteiger partial charge in [0.2, 0.25) is 5.95 Å². The molecule has 40 heavy (non-hydrogen) atoms. The summed E-state index contributed by atoms with van der Waals surface area (Å²) in [4.78, 5) is 31.2. The molecule has 1 aliphatic heterocycles. The highest BCUT2D eigenvalue weighted by atomic mass is 31.2. The van der Waals surface area contributed by atoms with Gasteiger partial charge in [-0.15, -0.1) is 6.42 Å². The number of hydrogen-bond donors (Lipinski definition) is 4. The zero-order chi connectivity index (χ0) is 29.2. The molecule has 0 radical (unpaired) electrons. The summed E-state index contributed by atoms with van der Waals surface area (Å²) >= 11 is 0. The third-order valence-corrected chi connectivity index (χ3v) is 8.27. The van der Waals surface area contributed by atoms with Crippen LogP contribution < -0.4 is 15.8 Å². The SMILES string of the molecule is C#CC1(O)[C@@H](O)[C@@H](CO[P@@](=O)(C[C@@H](C)C(=O)OC(C)C)Oc2ccccc2)O[C@H]1n1ccc2c(=O)[nH]c(N)nc21. The summed E-state index contributed by atoms with van der Waals surface area (Å²) in [7, 11) is -4.06. The zero-order valence-electron chi connectivity index (χ0n) is 22.1. The first-order chi connectivity index (χ1) is 18.9. The summed E-state index contributed by atoms with van der Waals surface area (Å²) in [6.07, 6.45) is 1.86. The molecule has 0 amide bonds. The molecule has 3 aromatic rings. The first-order valence-electron chi connectivity index (χ1n) is 12.5. The average Bonchev–Trinajstić information content (AvgIpc) is 3.42. The molecule has 1 saturated heterocycles. The van der Waals surface area contributed by atoms with Gasteiger partial charge in [0.25, 0.3) is 5.56 Å². The molecule has 14 heteroatoms. The van der Waals surface area contributed by atoms with Gasteiger partial charge in [-0.1, -0.05) is 31.0 Å². The number of hydrogen-bond acceptors (Lipinski definition) is 11. The van der Waals surface area contributed by atoms with Crippen molar-refractivity contribution in [1.29, 1.82) is 0 Å². The number of aromatic nitrogens is 3. The molecule has 6 atom stereocenters. The molecule has 0 aliphatic carbocycles. The fourth-order valence-corrected chi connectivity index (χ4v) is 6.16. The summed E-state index contributed by atoms with van der Waals surface area (Å²) in [6.45, 7) is 4.38. The Morgan fingerprint density at radius 2 is 2.02 bits per heavy atom. The number of anilines is 1. The van der Waals surface area contributed by atoms with Gasteiger partial charge in [0.1, 0.15) is 18.0 Å². The van der Waals surface area contributed by atoms with Crippen LogP contribution in [0.15, 0.2) is 47.4 Å². The number of rotatable bonds is 10. The Labute approximate surface area is 229 Å². The second kappa shape index (κ2) is 11.4. The van der Waals surface area contributed by atoms with Crippen LogP contribution in [0.5, 0.6) is 5.75 Å². The summed E-state index contributed by atoms with van der Waals surface area (Å²) in [5.41, 5.74) is 2.93. The van der Waals surface area contributed by atoms with E-state index in [0.717, 1.165) is 0 Å². The number of nitrogens with one attached hydrogen (secondary N) is 1. The molecule has 5 N–H and O–H groups in total. The second-order valence-electron chi connectivity index (χ2n) is 9.73. The molecule has 3 heterocycles. The van der Waals surface area contributed by atoms with Crippen molar-refractivity contribution >= 4 is 30.5 Å². The highest BCUT2D eigenvalue weighted by Crippen LogP contribution is 2.51. The lowest BCUT2D eigenvalue weighted by atomic mass is 9.95. The van der Waals surface area contributed by atoms with E-state index >= 15 is 0 Å². The molecule has 0 bridgehead atoms. The predicted octanol–water partition coefficient (Wildman–Crippen LogP) is 1.81. The molecule has 0 spiro atoms. The van der Waals surface area contributed by atoms with E-state index in [1.54, 1.807) is 44.2 Å². The van der Waals surface area contributed by atoms with Gasteiger partial charge in [0, 0.05) is 6.20 Å². The number of benzene rings is 1. The number of esters is 1. The van der Waals surface area contributed by atoms with Crippen LogP contribution in [0.2, 0.25) is 0 Å². The Hall–Kier alpha value is -3.66. The molecule has 1 unspecified atom stereocenters. The van der Waals surface area contributed by atoms with Crippen LogP contribution in [0, 0.1) is 18.3 Å².